The number of hydrogen-bond acceptors (Lipinski definition) is 2. The molecule has 7 rings (SSSR count). The second kappa shape index (κ2) is 9.26. The molecule has 0 aliphatic heterocycles. The van der Waals surface area contributed by atoms with Crippen molar-refractivity contribution in [2.75, 3.05) is 4.90 Å². The molecule has 0 spiro atoms. The average Bonchev–Trinajstić information content (AvgIpc) is 3.26. The Bertz CT molecular complexity index is 1930. The first-order valence-corrected chi connectivity index (χ1v) is 13.7. The highest BCUT2D eigenvalue weighted by atomic mass is 15.1. The predicted octanol–water partition coefficient (Wildman–Crippen LogP) is 9.82. The van der Waals surface area contributed by atoms with Crippen molar-refractivity contribution in [2.45, 2.75) is 19.3 Å². The van der Waals surface area contributed by atoms with Crippen LogP contribution in [0.25, 0.3) is 21.9 Å². The van der Waals surface area contributed by atoms with E-state index in [1.807, 2.05) is 24.3 Å². The summed E-state index contributed by atoms with van der Waals surface area (Å²) in [6.07, 6.45) is 0. The summed E-state index contributed by atoms with van der Waals surface area (Å²) in [5, 5.41) is 12.1. The fourth-order valence-corrected chi connectivity index (χ4v) is 6.46. The number of para-hydroxylation sites is 1. The van der Waals surface area contributed by atoms with E-state index in [1.54, 1.807) is 0 Å². The van der Waals surface area contributed by atoms with Crippen molar-refractivity contribution in [2.24, 2.45) is 0 Å². The fraction of sp³-hybridized carbons (Fsp3) is 0.0789. The lowest BCUT2D eigenvalue weighted by atomic mass is 9.73. The molecule has 0 N–H and O–H groups in total. The second-order valence-electron chi connectivity index (χ2n) is 10.7. The SMILES string of the molecule is Cc1ccc2c(c1)C(C)(c1ccccc1)c1cc(N(c3ccccc3)c3cccc(C#N)c3)c3ccccc3c1-2. The molecule has 1 aliphatic carbocycles. The Morgan fingerprint density at radius 1 is 0.625 bits per heavy atom. The third-order valence-corrected chi connectivity index (χ3v) is 8.38. The molecule has 0 fully saturated rings. The van der Waals surface area contributed by atoms with Gasteiger partial charge in [0.1, 0.15) is 0 Å². The Kier molecular flexibility index (Phi) is 5.54. The molecule has 6 aromatic carbocycles. The van der Waals surface area contributed by atoms with Gasteiger partial charge in [0.2, 0.25) is 0 Å². The summed E-state index contributed by atoms with van der Waals surface area (Å²) in [6.45, 7) is 4.55. The Labute approximate surface area is 235 Å². The zero-order chi connectivity index (χ0) is 27.3. The maximum absolute atomic E-state index is 9.73. The first-order valence-electron chi connectivity index (χ1n) is 13.7. The van der Waals surface area contributed by atoms with Gasteiger partial charge in [0.05, 0.1) is 17.3 Å². The third kappa shape index (κ3) is 3.56. The van der Waals surface area contributed by atoms with E-state index in [0.29, 0.717) is 5.56 Å². The Hall–Kier alpha value is -5.13. The van der Waals surface area contributed by atoms with Crippen LogP contribution in [-0.4, -0.2) is 0 Å². The quantitative estimate of drug-likeness (QED) is 0.235. The number of nitrogens with zero attached hydrogens (tertiary/aromatic N) is 2. The maximum Gasteiger partial charge on any atom is 0.0992 e. The van der Waals surface area contributed by atoms with Gasteiger partial charge in [-0.15, -0.1) is 0 Å². The molecule has 2 nitrogen and oxygen atoms in total. The van der Waals surface area contributed by atoms with E-state index in [9.17, 15) is 5.26 Å². The van der Waals surface area contributed by atoms with Crippen molar-refractivity contribution in [3.05, 3.63) is 161 Å². The number of benzene rings is 6. The summed E-state index contributed by atoms with van der Waals surface area (Å²) in [5.41, 5.74) is 11.2. The molecule has 2 heteroatoms. The number of fused-ring (bicyclic) bond motifs is 5. The summed E-state index contributed by atoms with van der Waals surface area (Å²) in [4.78, 5) is 2.29. The van der Waals surface area contributed by atoms with Gasteiger partial charge in [-0.25, -0.2) is 0 Å². The number of hydrogen-bond donors (Lipinski definition) is 0. The first-order chi connectivity index (χ1) is 19.6. The van der Waals surface area contributed by atoms with Crippen LogP contribution in [-0.2, 0) is 5.41 Å². The molecular weight excluding hydrogens is 484 g/mol. The van der Waals surface area contributed by atoms with Gasteiger partial charge in [0, 0.05) is 22.2 Å². The Morgan fingerprint density at radius 3 is 2.05 bits per heavy atom. The molecule has 0 heterocycles. The van der Waals surface area contributed by atoms with E-state index in [-0.39, 0.29) is 5.41 Å². The van der Waals surface area contributed by atoms with Crippen LogP contribution in [0.15, 0.2) is 133 Å². The summed E-state index contributed by atoms with van der Waals surface area (Å²) in [5.74, 6) is 0. The van der Waals surface area contributed by atoms with Gasteiger partial charge in [-0.05, 0) is 83.4 Å². The van der Waals surface area contributed by atoms with Crippen LogP contribution in [0.4, 0.5) is 17.1 Å². The lowest BCUT2D eigenvalue weighted by Crippen LogP contribution is -2.23. The van der Waals surface area contributed by atoms with Crippen LogP contribution < -0.4 is 4.90 Å². The van der Waals surface area contributed by atoms with Crippen LogP contribution in [0.2, 0.25) is 0 Å². The molecule has 40 heavy (non-hydrogen) atoms. The monoisotopic (exact) mass is 512 g/mol. The van der Waals surface area contributed by atoms with Crippen LogP contribution in [0.1, 0.15) is 34.7 Å². The van der Waals surface area contributed by atoms with Crippen molar-refractivity contribution >= 4 is 27.8 Å². The van der Waals surface area contributed by atoms with Crippen LogP contribution >= 0.6 is 0 Å². The zero-order valence-corrected chi connectivity index (χ0v) is 22.6. The number of nitriles is 1. The summed E-state index contributed by atoms with van der Waals surface area (Å²) < 4.78 is 0. The molecule has 1 atom stereocenters. The zero-order valence-electron chi connectivity index (χ0n) is 22.6. The highest BCUT2D eigenvalue weighted by Crippen LogP contribution is 2.57. The molecule has 0 radical (unpaired) electrons. The minimum atomic E-state index is -0.326. The standard InChI is InChI=1S/C38H28N2/c1-26-20-21-33-34(22-26)38(2,28-13-5-3-6-14-28)35-24-36(31-18-9-10-19-32(31)37(33)35)40(29-15-7-4-8-16-29)30-17-11-12-27(23-30)25-39/h3-24H,1-2H3. The Morgan fingerprint density at radius 2 is 1.30 bits per heavy atom. The van der Waals surface area contributed by atoms with E-state index in [0.717, 1.165) is 17.1 Å². The maximum atomic E-state index is 9.73. The number of rotatable bonds is 4. The van der Waals surface area contributed by atoms with E-state index >= 15 is 0 Å². The highest BCUT2D eigenvalue weighted by Gasteiger charge is 2.42. The average molecular weight is 513 g/mol. The molecule has 190 valence electrons. The van der Waals surface area contributed by atoms with Gasteiger partial charge >= 0.3 is 0 Å². The second-order valence-corrected chi connectivity index (χ2v) is 10.7. The predicted molar refractivity (Wildman–Crippen MR) is 166 cm³/mol. The number of aryl methyl sites for hydroxylation is 1. The minimum absolute atomic E-state index is 0.326. The first kappa shape index (κ1) is 23.9. The van der Waals surface area contributed by atoms with Gasteiger partial charge in [-0.3, -0.25) is 0 Å². The highest BCUT2D eigenvalue weighted by molar-refractivity contribution is 6.10. The summed E-state index contributed by atoms with van der Waals surface area (Å²) in [7, 11) is 0. The summed E-state index contributed by atoms with van der Waals surface area (Å²) >= 11 is 0. The van der Waals surface area contributed by atoms with Crippen LogP contribution in [0.3, 0.4) is 0 Å². The normalized spacial score (nSPS) is 15.3. The molecule has 0 saturated carbocycles. The van der Waals surface area contributed by atoms with Crippen molar-refractivity contribution in [3.63, 3.8) is 0 Å². The summed E-state index contributed by atoms with van der Waals surface area (Å²) in [6, 6.07) is 49.6. The smallest absolute Gasteiger partial charge is 0.0992 e. The molecule has 0 amide bonds. The van der Waals surface area contributed by atoms with Crippen molar-refractivity contribution in [1.29, 1.82) is 5.26 Å². The Balaban J connectivity index is 1.61. The molecule has 0 aromatic heterocycles. The molecule has 0 bridgehead atoms. The third-order valence-electron chi connectivity index (χ3n) is 8.38. The molecule has 0 saturated heterocycles. The van der Waals surface area contributed by atoms with Gasteiger partial charge in [0.15, 0.2) is 0 Å². The van der Waals surface area contributed by atoms with Gasteiger partial charge in [-0.2, -0.15) is 5.26 Å². The molecule has 1 aliphatic rings. The molecule has 6 aromatic rings. The van der Waals surface area contributed by atoms with Crippen molar-refractivity contribution < 1.29 is 0 Å². The largest absolute Gasteiger partial charge is 0.310 e. The van der Waals surface area contributed by atoms with Crippen LogP contribution in [0.5, 0.6) is 0 Å². The van der Waals surface area contributed by atoms with Crippen LogP contribution in [0, 0.1) is 18.3 Å². The molecular formula is C38H28N2. The van der Waals surface area contributed by atoms with Gasteiger partial charge in [0.25, 0.3) is 0 Å². The molecule has 1 unspecified atom stereocenters. The van der Waals surface area contributed by atoms with E-state index in [4.69, 9.17) is 0 Å². The van der Waals surface area contributed by atoms with E-state index < -0.39 is 0 Å². The lowest BCUT2D eigenvalue weighted by Gasteiger charge is -2.32. The lowest BCUT2D eigenvalue weighted by molar-refractivity contribution is 0.713. The fourth-order valence-electron chi connectivity index (χ4n) is 6.46. The minimum Gasteiger partial charge on any atom is -0.310 e. The van der Waals surface area contributed by atoms with Crippen molar-refractivity contribution in [1.82, 2.24) is 0 Å². The topological polar surface area (TPSA) is 27.0 Å². The van der Waals surface area contributed by atoms with Gasteiger partial charge in [-0.1, -0.05) is 103 Å². The van der Waals surface area contributed by atoms with E-state index in [2.05, 4.69) is 134 Å². The van der Waals surface area contributed by atoms with Crippen molar-refractivity contribution in [3.8, 4) is 17.2 Å². The van der Waals surface area contributed by atoms with Gasteiger partial charge < -0.3 is 4.90 Å². The number of anilines is 3. The van der Waals surface area contributed by atoms with E-state index in [1.165, 1.54) is 44.2 Å².